The molecule has 4 aromatic rings. The van der Waals surface area contributed by atoms with Crippen LogP contribution in [0.4, 0.5) is 0 Å². The molecule has 2 unspecified atom stereocenters. The summed E-state index contributed by atoms with van der Waals surface area (Å²) in [5.41, 5.74) is 4.80. The highest BCUT2D eigenvalue weighted by Gasteiger charge is 2.51. The standard InChI is InChI=1S/C35H32BN3O3/c1-34(2)35(3,4)42-36(41-34)23-17-18-28-27(20-23)30-25(15-10-16-29(30)40-28)33-38-31(21-11-7-5-6-8-12-21)37-32(39-33)24-14-9-13-22-19-26(22)24/h5-7,9-18,20,22,26H,8,19H2,1-4H3. The van der Waals surface area contributed by atoms with E-state index < -0.39 is 18.3 Å². The average molecular weight is 553 g/mol. The van der Waals surface area contributed by atoms with Crippen LogP contribution in [0.5, 0.6) is 0 Å². The molecule has 2 atom stereocenters. The summed E-state index contributed by atoms with van der Waals surface area (Å²) in [4.78, 5) is 15.2. The van der Waals surface area contributed by atoms with E-state index in [9.17, 15) is 0 Å². The van der Waals surface area contributed by atoms with Gasteiger partial charge in [-0.15, -0.1) is 0 Å². The molecule has 0 spiro atoms. The van der Waals surface area contributed by atoms with Gasteiger partial charge in [0.1, 0.15) is 11.2 Å². The van der Waals surface area contributed by atoms with E-state index in [1.807, 2.05) is 30.3 Å². The lowest BCUT2D eigenvalue weighted by atomic mass is 9.78. The summed E-state index contributed by atoms with van der Waals surface area (Å²) in [5.74, 6) is 3.14. The van der Waals surface area contributed by atoms with Crippen LogP contribution in [0, 0.1) is 11.8 Å². The molecule has 8 rings (SSSR count). The van der Waals surface area contributed by atoms with Crippen LogP contribution in [0.15, 0.2) is 89.4 Å². The van der Waals surface area contributed by atoms with Crippen molar-refractivity contribution in [2.75, 3.05) is 0 Å². The number of allylic oxidation sites excluding steroid dienone is 10. The van der Waals surface area contributed by atoms with Crippen molar-refractivity contribution in [1.29, 1.82) is 0 Å². The molecule has 1 saturated heterocycles. The highest BCUT2D eigenvalue weighted by molar-refractivity contribution is 6.62. The summed E-state index contributed by atoms with van der Waals surface area (Å²) in [5, 5.41) is 1.96. The Balaban J connectivity index is 1.30. The number of rotatable bonds is 4. The van der Waals surface area contributed by atoms with Gasteiger partial charge in [0.2, 0.25) is 0 Å². The molecule has 0 radical (unpaired) electrons. The number of benzene rings is 2. The predicted octanol–water partition coefficient (Wildman–Crippen LogP) is 7.23. The maximum atomic E-state index is 6.38. The second-order valence-corrected chi connectivity index (χ2v) is 12.6. The van der Waals surface area contributed by atoms with E-state index in [0.717, 1.165) is 57.2 Å². The summed E-state index contributed by atoms with van der Waals surface area (Å²) in [6.07, 6.45) is 19.1. The molecule has 208 valence electrons. The van der Waals surface area contributed by atoms with Crippen LogP contribution >= 0.6 is 0 Å². The van der Waals surface area contributed by atoms with Crippen LogP contribution < -0.4 is 5.46 Å². The Morgan fingerprint density at radius 1 is 0.857 bits per heavy atom. The zero-order valence-electron chi connectivity index (χ0n) is 24.3. The van der Waals surface area contributed by atoms with Crippen LogP contribution in [-0.2, 0) is 9.31 Å². The quantitative estimate of drug-likeness (QED) is 0.249. The summed E-state index contributed by atoms with van der Waals surface area (Å²) in [6.45, 7) is 8.29. The molecule has 2 fully saturated rings. The number of fused-ring (bicyclic) bond motifs is 4. The molecule has 0 N–H and O–H groups in total. The van der Waals surface area contributed by atoms with Crippen LogP contribution in [0.25, 0.3) is 44.5 Å². The van der Waals surface area contributed by atoms with Crippen molar-refractivity contribution in [3.05, 3.63) is 96.7 Å². The molecule has 3 heterocycles. The minimum Gasteiger partial charge on any atom is -0.456 e. The molecule has 6 nitrogen and oxygen atoms in total. The first-order chi connectivity index (χ1) is 20.3. The average Bonchev–Trinajstić information content (AvgIpc) is 3.70. The second kappa shape index (κ2) is 9.22. The van der Waals surface area contributed by atoms with Gasteiger partial charge in [-0.3, -0.25) is 0 Å². The Hall–Kier alpha value is -4.07. The Labute approximate surface area is 245 Å². The fraction of sp³-hybridized carbons (Fsp3) is 0.286. The van der Waals surface area contributed by atoms with Gasteiger partial charge in [0.25, 0.3) is 0 Å². The predicted molar refractivity (Wildman–Crippen MR) is 168 cm³/mol. The lowest BCUT2D eigenvalue weighted by molar-refractivity contribution is 0.00578. The van der Waals surface area contributed by atoms with Crippen LogP contribution in [0.1, 0.15) is 52.2 Å². The van der Waals surface area contributed by atoms with E-state index in [1.54, 1.807) is 0 Å². The first kappa shape index (κ1) is 25.6. The zero-order valence-corrected chi connectivity index (χ0v) is 24.3. The maximum Gasteiger partial charge on any atom is 0.494 e. The van der Waals surface area contributed by atoms with Crippen molar-refractivity contribution in [2.45, 2.75) is 51.7 Å². The maximum absolute atomic E-state index is 6.38. The van der Waals surface area contributed by atoms with E-state index in [0.29, 0.717) is 23.5 Å². The van der Waals surface area contributed by atoms with Gasteiger partial charge in [-0.2, -0.15) is 0 Å². The number of furan rings is 1. The summed E-state index contributed by atoms with van der Waals surface area (Å²) in [6, 6.07) is 12.2. The third-order valence-corrected chi connectivity index (χ3v) is 9.31. The smallest absolute Gasteiger partial charge is 0.456 e. The fourth-order valence-electron chi connectivity index (χ4n) is 6.11. The van der Waals surface area contributed by atoms with Crippen molar-refractivity contribution in [1.82, 2.24) is 15.0 Å². The topological polar surface area (TPSA) is 70.3 Å². The molecule has 7 heteroatoms. The Morgan fingerprint density at radius 2 is 1.67 bits per heavy atom. The lowest BCUT2D eigenvalue weighted by Crippen LogP contribution is -2.41. The van der Waals surface area contributed by atoms with Gasteiger partial charge in [-0.25, -0.2) is 15.0 Å². The van der Waals surface area contributed by atoms with Crippen LogP contribution in [0.2, 0.25) is 0 Å². The van der Waals surface area contributed by atoms with Crippen molar-refractivity contribution >= 4 is 45.7 Å². The highest BCUT2D eigenvalue weighted by Crippen LogP contribution is 2.50. The van der Waals surface area contributed by atoms with Gasteiger partial charge in [0, 0.05) is 27.5 Å². The second-order valence-electron chi connectivity index (χ2n) is 12.6. The fourth-order valence-corrected chi connectivity index (χ4v) is 6.11. The Bertz CT molecular complexity index is 1910. The third kappa shape index (κ3) is 4.14. The van der Waals surface area contributed by atoms with E-state index in [4.69, 9.17) is 28.7 Å². The molecular weight excluding hydrogens is 521 g/mol. The molecule has 4 aliphatic rings. The zero-order chi connectivity index (χ0) is 28.6. The molecule has 3 aliphatic carbocycles. The molecule has 2 aromatic heterocycles. The monoisotopic (exact) mass is 553 g/mol. The molecular formula is C35H32BN3O3. The van der Waals surface area contributed by atoms with Crippen molar-refractivity contribution in [3.8, 4) is 11.4 Å². The minimum absolute atomic E-state index is 0.422. The van der Waals surface area contributed by atoms with Crippen LogP contribution in [-0.4, -0.2) is 33.3 Å². The molecule has 1 saturated carbocycles. The van der Waals surface area contributed by atoms with Gasteiger partial charge in [0.15, 0.2) is 17.5 Å². The number of hydrogen-bond acceptors (Lipinski definition) is 6. The van der Waals surface area contributed by atoms with Crippen molar-refractivity contribution in [3.63, 3.8) is 0 Å². The first-order valence-corrected chi connectivity index (χ1v) is 14.8. The molecule has 0 bridgehead atoms. The SMILES string of the molecule is CC1(C)OB(c2ccc3oc4cccc(-c5nc(C6=CCC=CC=C6)nc(C6=CC=CC7CC67)n5)c4c3c2)OC1(C)C. The van der Waals surface area contributed by atoms with Gasteiger partial charge >= 0.3 is 7.12 Å². The Morgan fingerprint density at radius 3 is 2.52 bits per heavy atom. The summed E-state index contributed by atoms with van der Waals surface area (Å²) in [7, 11) is -0.466. The Kier molecular flexibility index (Phi) is 5.62. The van der Waals surface area contributed by atoms with Crippen molar-refractivity contribution in [2.24, 2.45) is 11.8 Å². The minimum atomic E-state index is -0.466. The van der Waals surface area contributed by atoms with E-state index >= 15 is 0 Å². The van der Waals surface area contributed by atoms with Gasteiger partial charge in [-0.05, 0) is 70.0 Å². The van der Waals surface area contributed by atoms with Gasteiger partial charge in [0.05, 0.1) is 11.2 Å². The molecule has 1 aliphatic heterocycles. The lowest BCUT2D eigenvalue weighted by Gasteiger charge is -2.32. The van der Waals surface area contributed by atoms with E-state index in [1.165, 1.54) is 5.57 Å². The van der Waals surface area contributed by atoms with E-state index in [2.05, 4.69) is 82.4 Å². The van der Waals surface area contributed by atoms with Gasteiger partial charge in [-0.1, -0.05) is 72.9 Å². The molecule has 2 aromatic carbocycles. The van der Waals surface area contributed by atoms with E-state index in [-0.39, 0.29) is 0 Å². The van der Waals surface area contributed by atoms with Gasteiger partial charge < -0.3 is 13.7 Å². The number of aromatic nitrogens is 3. The summed E-state index contributed by atoms with van der Waals surface area (Å²) < 4.78 is 19.1. The van der Waals surface area contributed by atoms with Crippen molar-refractivity contribution < 1.29 is 13.7 Å². The normalized spacial score (nSPS) is 23.7. The largest absolute Gasteiger partial charge is 0.494 e. The molecule has 0 amide bonds. The number of nitrogens with zero attached hydrogens (tertiary/aromatic N) is 3. The highest BCUT2D eigenvalue weighted by atomic mass is 16.7. The molecule has 42 heavy (non-hydrogen) atoms. The van der Waals surface area contributed by atoms with Crippen LogP contribution in [0.3, 0.4) is 0 Å². The third-order valence-electron chi connectivity index (χ3n) is 9.31. The summed E-state index contributed by atoms with van der Waals surface area (Å²) >= 11 is 0. The number of hydrogen-bond donors (Lipinski definition) is 0. The first-order valence-electron chi connectivity index (χ1n) is 14.8.